The number of para-hydroxylation sites is 1. The third-order valence-electron chi connectivity index (χ3n) is 3.23. The number of carbonyl (C=O) groups excluding carboxylic acids is 1. The summed E-state index contributed by atoms with van der Waals surface area (Å²) in [4.78, 5) is 13.4. The number of nitrogens with zero attached hydrogens (tertiary/aromatic N) is 1. The molecule has 0 N–H and O–H groups in total. The van der Waals surface area contributed by atoms with E-state index in [1.54, 1.807) is 0 Å². The van der Waals surface area contributed by atoms with Gasteiger partial charge in [0.05, 0.1) is 5.69 Å². The van der Waals surface area contributed by atoms with Crippen LogP contribution in [0.1, 0.15) is 0 Å². The maximum absolute atomic E-state index is 13.1. The number of fused-ring (bicyclic) bond motifs is 1. The summed E-state index contributed by atoms with van der Waals surface area (Å²) < 4.78 is 35.1. The van der Waals surface area contributed by atoms with E-state index in [9.17, 15) is 13.6 Å². The fourth-order valence-electron chi connectivity index (χ4n) is 2.28. The normalized spacial score (nSPS) is 27.2. The minimum absolute atomic E-state index is 0.110. The summed E-state index contributed by atoms with van der Waals surface area (Å²) in [6.07, 6.45) is -3.73. The van der Waals surface area contributed by atoms with Crippen molar-refractivity contribution in [3.8, 4) is 11.5 Å². The number of ether oxygens (including phenoxy) is 2. The van der Waals surface area contributed by atoms with Crippen LogP contribution in [0.25, 0.3) is 0 Å². The molecule has 4 nitrogen and oxygen atoms in total. The molecule has 8 heteroatoms. The van der Waals surface area contributed by atoms with Crippen molar-refractivity contribution in [2.45, 2.75) is 11.7 Å². The standard InChI is InChI=1S/C12H9Cl2F2NO3/c13-4-6-5-17(11(18)9(6)14)7-2-1-3-8-10(7)20-12(15,16)19-8/h1-3,6,9H,4-5H2. The molecule has 0 saturated carbocycles. The highest BCUT2D eigenvalue weighted by atomic mass is 35.5. The lowest BCUT2D eigenvalue weighted by Crippen LogP contribution is -2.29. The zero-order valence-electron chi connectivity index (χ0n) is 9.98. The van der Waals surface area contributed by atoms with Gasteiger partial charge in [-0.1, -0.05) is 6.07 Å². The van der Waals surface area contributed by atoms with Crippen molar-refractivity contribution in [2.24, 2.45) is 5.92 Å². The van der Waals surface area contributed by atoms with E-state index in [1.807, 2.05) is 0 Å². The van der Waals surface area contributed by atoms with Gasteiger partial charge in [0.25, 0.3) is 0 Å². The van der Waals surface area contributed by atoms with Crippen LogP contribution in [0.2, 0.25) is 0 Å². The number of hydrogen-bond donors (Lipinski definition) is 0. The topological polar surface area (TPSA) is 38.8 Å². The summed E-state index contributed by atoms with van der Waals surface area (Å²) in [5, 5.41) is -0.772. The molecule has 1 aromatic rings. The Morgan fingerprint density at radius 3 is 2.80 bits per heavy atom. The van der Waals surface area contributed by atoms with Crippen LogP contribution in [-0.2, 0) is 4.79 Å². The van der Waals surface area contributed by atoms with E-state index in [2.05, 4.69) is 9.47 Å². The first-order chi connectivity index (χ1) is 9.43. The third kappa shape index (κ3) is 2.07. The smallest absolute Gasteiger partial charge is 0.395 e. The van der Waals surface area contributed by atoms with Gasteiger partial charge in [0.1, 0.15) is 5.38 Å². The summed E-state index contributed by atoms with van der Waals surface area (Å²) >= 11 is 11.7. The predicted molar refractivity (Wildman–Crippen MR) is 68.8 cm³/mol. The molecule has 1 aromatic carbocycles. The molecular formula is C12H9Cl2F2NO3. The zero-order chi connectivity index (χ0) is 14.5. The molecule has 2 aliphatic rings. The number of hydrogen-bond acceptors (Lipinski definition) is 3. The number of amides is 1. The molecule has 2 aliphatic heterocycles. The SMILES string of the molecule is O=C1C(Cl)C(CCl)CN1c1cccc2c1OC(F)(F)O2. The molecule has 2 unspecified atom stereocenters. The van der Waals surface area contributed by atoms with Crippen molar-refractivity contribution in [1.29, 1.82) is 0 Å². The number of halogens is 4. The van der Waals surface area contributed by atoms with Crippen molar-refractivity contribution in [1.82, 2.24) is 0 Å². The Balaban J connectivity index is 1.98. The monoisotopic (exact) mass is 323 g/mol. The van der Waals surface area contributed by atoms with Crippen LogP contribution in [0.5, 0.6) is 11.5 Å². The fraction of sp³-hybridized carbons (Fsp3) is 0.417. The summed E-state index contributed by atoms with van der Waals surface area (Å²) in [5.74, 6) is -0.696. The second-order valence-electron chi connectivity index (χ2n) is 4.54. The summed E-state index contributed by atoms with van der Waals surface area (Å²) in [7, 11) is 0. The second-order valence-corrected chi connectivity index (χ2v) is 5.32. The van der Waals surface area contributed by atoms with E-state index in [0.717, 1.165) is 0 Å². The van der Waals surface area contributed by atoms with Crippen molar-refractivity contribution in [3.63, 3.8) is 0 Å². The first-order valence-electron chi connectivity index (χ1n) is 5.83. The van der Waals surface area contributed by atoms with E-state index in [-0.39, 0.29) is 41.4 Å². The Morgan fingerprint density at radius 2 is 2.15 bits per heavy atom. The highest BCUT2D eigenvalue weighted by Gasteiger charge is 2.47. The van der Waals surface area contributed by atoms with E-state index < -0.39 is 11.7 Å². The van der Waals surface area contributed by atoms with Crippen molar-refractivity contribution in [3.05, 3.63) is 18.2 Å². The summed E-state index contributed by atoms with van der Waals surface area (Å²) in [6.45, 7) is 0.252. The van der Waals surface area contributed by atoms with Gasteiger partial charge in [-0.15, -0.1) is 32.0 Å². The van der Waals surface area contributed by atoms with Crippen molar-refractivity contribution >= 4 is 34.8 Å². The quantitative estimate of drug-likeness (QED) is 0.785. The van der Waals surface area contributed by atoms with Gasteiger partial charge < -0.3 is 14.4 Å². The van der Waals surface area contributed by atoms with Crippen LogP contribution in [-0.4, -0.2) is 30.0 Å². The van der Waals surface area contributed by atoms with Crippen LogP contribution in [0.15, 0.2) is 18.2 Å². The molecule has 2 atom stereocenters. The highest BCUT2D eigenvalue weighted by Crippen LogP contribution is 2.48. The Morgan fingerprint density at radius 1 is 1.40 bits per heavy atom. The number of benzene rings is 1. The van der Waals surface area contributed by atoms with Crippen LogP contribution >= 0.6 is 23.2 Å². The number of carbonyl (C=O) groups is 1. The maximum Gasteiger partial charge on any atom is 0.586 e. The van der Waals surface area contributed by atoms with Crippen molar-refractivity contribution in [2.75, 3.05) is 17.3 Å². The number of alkyl halides is 4. The first-order valence-corrected chi connectivity index (χ1v) is 6.80. The van der Waals surface area contributed by atoms with Gasteiger partial charge in [0.2, 0.25) is 5.91 Å². The molecule has 0 aromatic heterocycles. The lowest BCUT2D eigenvalue weighted by Gasteiger charge is -2.18. The molecule has 1 amide bonds. The minimum atomic E-state index is -3.73. The van der Waals surface area contributed by atoms with E-state index in [4.69, 9.17) is 23.2 Å². The Hall–Kier alpha value is -1.27. The van der Waals surface area contributed by atoms with Gasteiger partial charge in [-0.05, 0) is 12.1 Å². The molecule has 0 aliphatic carbocycles. The van der Waals surface area contributed by atoms with Gasteiger partial charge in [0.15, 0.2) is 11.5 Å². The van der Waals surface area contributed by atoms with Crippen LogP contribution in [0.3, 0.4) is 0 Å². The molecule has 2 heterocycles. The Kier molecular flexibility index (Phi) is 3.17. The molecular weight excluding hydrogens is 315 g/mol. The van der Waals surface area contributed by atoms with Gasteiger partial charge in [0, 0.05) is 18.3 Å². The predicted octanol–water partition coefficient (Wildman–Crippen LogP) is 2.82. The lowest BCUT2D eigenvalue weighted by atomic mass is 10.1. The second kappa shape index (κ2) is 4.63. The van der Waals surface area contributed by atoms with Gasteiger partial charge in [-0.2, -0.15) is 0 Å². The molecule has 1 fully saturated rings. The van der Waals surface area contributed by atoms with E-state index in [1.165, 1.54) is 23.1 Å². The Labute approximate surface area is 123 Å². The van der Waals surface area contributed by atoms with Crippen molar-refractivity contribution < 1.29 is 23.0 Å². The summed E-state index contributed by atoms with van der Waals surface area (Å²) in [5.41, 5.74) is 0.211. The molecule has 0 bridgehead atoms. The first kappa shape index (κ1) is 13.7. The van der Waals surface area contributed by atoms with E-state index in [0.29, 0.717) is 0 Å². The molecule has 0 spiro atoms. The van der Waals surface area contributed by atoms with Crippen LogP contribution < -0.4 is 14.4 Å². The fourth-order valence-corrected chi connectivity index (χ4v) is 2.93. The molecule has 108 valence electrons. The van der Waals surface area contributed by atoms with Crippen LogP contribution in [0, 0.1) is 5.92 Å². The lowest BCUT2D eigenvalue weighted by molar-refractivity contribution is -0.286. The largest absolute Gasteiger partial charge is 0.586 e. The molecule has 20 heavy (non-hydrogen) atoms. The number of rotatable bonds is 2. The van der Waals surface area contributed by atoms with E-state index >= 15 is 0 Å². The average Bonchev–Trinajstić information content (AvgIpc) is 2.86. The average molecular weight is 324 g/mol. The molecule has 1 saturated heterocycles. The minimum Gasteiger partial charge on any atom is -0.395 e. The Bertz CT molecular complexity index is 570. The molecule has 0 radical (unpaired) electrons. The molecule has 3 rings (SSSR count). The number of anilines is 1. The van der Waals surface area contributed by atoms with Gasteiger partial charge in [-0.25, -0.2) is 0 Å². The zero-order valence-corrected chi connectivity index (χ0v) is 11.5. The maximum atomic E-state index is 13.1. The highest BCUT2D eigenvalue weighted by molar-refractivity contribution is 6.35. The summed E-state index contributed by atoms with van der Waals surface area (Å²) in [6, 6.07) is 4.35. The third-order valence-corrected chi connectivity index (χ3v) is 4.17. The van der Waals surface area contributed by atoms with Crippen LogP contribution in [0.4, 0.5) is 14.5 Å². The van der Waals surface area contributed by atoms with Gasteiger partial charge in [-0.3, -0.25) is 4.79 Å². The van der Waals surface area contributed by atoms with Gasteiger partial charge >= 0.3 is 6.29 Å².